The average Bonchev–Trinajstić information content (AvgIpc) is 2.94. The van der Waals surface area contributed by atoms with Gasteiger partial charge in [0.2, 0.25) is 5.82 Å². The number of anilines is 1. The number of tetrazole rings is 1. The highest BCUT2D eigenvalue weighted by Gasteiger charge is 2.11. The van der Waals surface area contributed by atoms with E-state index in [4.69, 9.17) is 0 Å². The molecule has 1 amide bonds. The van der Waals surface area contributed by atoms with E-state index in [0.29, 0.717) is 23.5 Å². The van der Waals surface area contributed by atoms with Gasteiger partial charge in [0.1, 0.15) is 5.82 Å². The molecule has 0 saturated carbocycles. The largest absolute Gasteiger partial charge is 0.322 e. The van der Waals surface area contributed by atoms with E-state index in [1.54, 1.807) is 18.2 Å². The molecule has 2 N–H and O–H groups in total. The molecule has 22 heavy (non-hydrogen) atoms. The number of hydrogen-bond acceptors (Lipinski definition) is 4. The Hall–Kier alpha value is -3.09. The van der Waals surface area contributed by atoms with Gasteiger partial charge in [-0.05, 0) is 42.0 Å². The van der Waals surface area contributed by atoms with Crippen LogP contribution >= 0.6 is 0 Å². The topological polar surface area (TPSA) is 83.6 Å². The van der Waals surface area contributed by atoms with Crippen LogP contribution in [0.5, 0.6) is 0 Å². The molecule has 0 saturated heterocycles. The minimum Gasteiger partial charge on any atom is -0.322 e. The molecular weight excluding hydrogens is 285 g/mol. The predicted octanol–water partition coefficient (Wildman–Crippen LogP) is 2.25. The van der Waals surface area contributed by atoms with Crippen molar-refractivity contribution in [3.8, 4) is 0 Å². The fourth-order valence-electron chi connectivity index (χ4n) is 1.98. The van der Waals surface area contributed by atoms with Crippen molar-refractivity contribution in [1.29, 1.82) is 0 Å². The lowest BCUT2D eigenvalue weighted by atomic mass is 10.2. The maximum absolute atomic E-state index is 12.8. The summed E-state index contributed by atoms with van der Waals surface area (Å²) in [7, 11) is 0. The van der Waals surface area contributed by atoms with Crippen LogP contribution in [0.3, 0.4) is 0 Å². The van der Waals surface area contributed by atoms with Gasteiger partial charge >= 0.3 is 0 Å². The Morgan fingerprint density at radius 3 is 2.77 bits per heavy atom. The van der Waals surface area contributed by atoms with Crippen LogP contribution in [0.25, 0.3) is 5.57 Å². The number of H-pyrrole nitrogens is 1. The van der Waals surface area contributed by atoms with Crippen LogP contribution < -0.4 is 5.32 Å². The zero-order chi connectivity index (χ0) is 15.4. The first-order valence-corrected chi connectivity index (χ1v) is 6.60. The van der Waals surface area contributed by atoms with Crippen molar-refractivity contribution in [2.24, 2.45) is 0 Å². The van der Waals surface area contributed by atoms with E-state index in [1.807, 2.05) is 6.08 Å². The first-order valence-electron chi connectivity index (χ1n) is 6.60. The number of aromatic nitrogens is 4. The molecule has 0 atom stereocenters. The van der Waals surface area contributed by atoms with Gasteiger partial charge in [-0.3, -0.25) is 4.79 Å². The van der Waals surface area contributed by atoms with Crippen LogP contribution in [-0.4, -0.2) is 26.5 Å². The first kappa shape index (κ1) is 13.9. The van der Waals surface area contributed by atoms with Crippen molar-refractivity contribution in [2.45, 2.75) is 6.42 Å². The predicted molar refractivity (Wildman–Crippen MR) is 79.0 cm³/mol. The van der Waals surface area contributed by atoms with E-state index in [2.05, 4.69) is 25.9 Å². The second-order valence-corrected chi connectivity index (χ2v) is 4.62. The number of benzene rings is 1. The Bertz CT molecular complexity index is 760. The zero-order valence-corrected chi connectivity index (χ0v) is 11.5. The van der Waals surface area contributed by atoms with Crippen LogP contribution in [0.15, 0.2) is 54.1 Å². The summed E-state index contributed by atoms with van der Waals surface area (Å²) in [6, 6.07) is 5.60. The van der Waals surface area contributed by atoms with Gasteiger partial charge < -0.3 is 5.32 Å². The minimum atomic E-state index is -0.348. The van der Waals surface area contributed by atoms with Gasteiger partial charge in [-0.2, -0.15) is 5.21 Å². The molecular formula is C15H12FN5O. The van der Waals surface area contributed by atoms with Crippen LogP contribution in [-0.2, 0) is 4.79 Å². The van der Waals surface area contributed by atoms with E-state index < -0.39 is 0 Å². The minimum absolute atomic E-state index is 0.270. The lowest BCUT2D eigenvalue weighted by Gasteiger charge is -2.05. The van der Waals surface area contributed by atoms with Gasteiger partial charge in [0.25, 0.3) is 5.91 Å². The molecule has 0 radical (unpaired) electrons. The Kier molecular flexibility index (Phi) is 3.86. The summed E-state index contributed by atoms with van der Waals surface area (Å²) in [6.45, 7) is 0. The van der Waals surface area contributed by atoms with Gasteiger partial charge in [0.05, 0.1) is 0 Å². The van der Waals surface area contributed by atoms with Gasteiger partial charge in [-0.1, -0.05) is 18.2 Å². The highest BCUT2D eigenvalue weighted by Crippen LogP contribution is 2.19. The van der Waals surface area contributed by atoms with Crippen molar-refractivity contribution in [1.82, 2.24) is 20.6 Å². The van der Waals surface area contributed by atoms with Crippen molar-refractivity contribution < 1.29 is 9.18 Å². The number of aromatic amines is 1. The zero-order valence-electron chi connectivity index (χ0n) is 11.5. The van der Waals surface area contributed by atoms with Crippen LogP contribution in [0.1, 0.15) is 12.2 Å². The fraction of sp³-hybridized carbons (Fsp3) is 0.0667. The number of carbonyl (C=O) groups is 1. The molecule has 1 aromatic carbocycles. The molecule has 1 aliphatic rings. The maximum Gasteiger partial charge on any atom is 0.255 e. The number of nitrogens with zero attached hydrogens (tertiary/aromatic N) is 3. The van der Waals surface area contributed by atoms with Crippen molar-refractivity contribution >= 4 is 17.2 Å². The van der Waals surface area contributed by atoms with Crippen LogP contribution in [0.2, 0.25) is 0 Å². The van der Waals surface area contributed by atoms with E-state index in [-0.39, 0.29) is 11.7 Å². The number of allylic oxidation sites excluding steroid dienone is 4. The lowest BCUT2D eigenvalue weighted by molar-refractivity contribution is -0.112. The number of nitrogens with one attached hydrogen (secondary N) is 2. The van der Waals surface area contributed by atoms with E-state index in [1.165, 1.54) is 24.3 Å². The summed E-state index contributed by atoms with van der Waals surface area (Å²) in [6.07, 6.45) is 7.65. The molecule has 6 nitrogen and oxygen atoms in total. The Labute approximate surface area is 125 Å². The molecule has 110 valence electrons. The Morgan fingerprint density at radius 2 is 2.05 bits per heavy atom. The fourth-order valence-corrected chi connectivity index (χ4v) is 1.98. The van der Waals surface area contributed by atoms with Gasteiger partial charge in [-0.15, -0.1) is 10.2 Å². The summed E-state index contributed by atoms with van der Waals surface area (Å²) in [5.74, 6) is -0.117. The van der Waals surface area contributed by atoms with Gasteiger partial charge in [0.15, 0.2) is 0 Å². The molecule has 3 rings (SSSR count). The third kappa shape index (κ3) is 3.14. The summed E-state index contributed by atoms with van der Waals surface area (Å²) in [4.78, 5) is 12.2. The molecule has 0 bridgehead atoms. The average molecular weight is 297 g/mol. The SMILES string of the molecule is O=C(Nc1ccc(F)cc1)C1=CC=C(c2nn[nH]n2)CC=C1. The van der Waals surface area contributed by atoms with Gasteiger partial charge in [0, 0.05) is 16.8 Å². The summed E-state index contributed by atoms with van der Waals surface area (Å²) < 4.78 is 12.8. The molecule has 1 heterocycles. The van der Waals surface area contributed by atoms with Crippen LogP contribution in [0.4, 0.5) is 10.1 Å². The summed E-state index contributed by atoms with van der Waals surface area (Å²) in [5.41, 5.74) is 1.88. The molecule has 1 aromatic heterocycles. The molecule has 0 unspecified atom stereocenters. The number of amides is 1. The molecule has 7 heteroatoms. The second-order valence-electron chi connectivity index (χ2n) is 4.62. The monoisotopic (exact) mass is 297 g/mol. The molecule has 0 aliphatic heterocycles. The molecule has 2 aromatic rings. The molecule has 0 fully saturated rings. The summed E-state index contributed by atoms with van der Waals surface area (Å²) >= 11 is 0. The second kappa shape index (κ2) is 6.13. The third-order valence-corrected chi connectivity index (χ3v) is 3.10. The highest BCUT2D eigenvalue weighted by atomic mass is 19.1. The van der Waals surface area contributed by atoms with E-state index in [9.17, 15) is 9.18 Å². The maximum atomic E-state index is 12.8. The lowest BCUT2D eigenvalue weighted by Crippen LogP contribution is -2.13. The first-order chi connectivity index (χ1) is 10.7. The highest BCUT2D eigenvalue weighted by molar-refractivity contribution is 6.06. The van der Waals surface area contributed by atoms with E-state index >= 15 is 0 Å². The Morgan fingerprint density at radius 1 is 1.23 bits per heavy atom. The molecule has 0 spiro atoms. The molecule has 1 aliphatic carbocycles. The van der Waals surface area contributed by atoms with Crippen molar-refractivity contribution in [3.63, 3.8) is 0 Å². The number of hydrogen-bond donors (Lipinski definition) is 2. The van der Waals surface area contributed by atoms with Crippen molar-refractivity contribution in [2.75, 3.05) is 5.32 Å². The van der Waals surface area contributed by atoms with E-state index in [0.717, 1.165) is 5.57 Å². The normalized spacial score (nSPS) is 14.0. The third-order valence-electron chi connectivity index (χ3n) is 3.10. The number of rotatable bonds is 3. The smallest absolute Gasteiger partial charge is 0.255 e. The van der Waals surface area contributed by atoms with Gasteiger partial charge in [-0.25, -0.2) is 4.39 Å². The van der Waals surface area contributed by atoms with Crippen molar-refractivity contribution in [3.05, 3.63) is 65.8 Å². The number of carbonyl (C=O) groups excluding carboxylic acids is 1. The quantitative estimate of drug-likeness (QED) is 0.910. The Balaban J connectivity index is 1.76. The standard InChI is InChI=1S/C15H12FN5O/c16-12-6-8-13(9-7-12)17-15(22)11-3-1-2-10(4-5-11)14-18-20-21-19-14/h1,3-9H,2H2,(H,17,22)(H,18,19,20,21). The van der Waals surface area contributed by atoms with Crippen LogP contribution in [0, 0.1) is 5.82 Å². The number of halogens is 1. The summed E-state index contributed by atoms with van der Waals surface area (Å²) in [5, 5.41) is 16.4.